The highest BCUT2D eigenvalue weighted by Gasteiger charge is 2.24. The molecule has 1 heterocycles. The number of rotatable bonds is 4. The molecule has 15 heavy (non-hydrogen) atoms. The van der Waals surface area contributed by atoms with Crippen LogP contribution in [0, 0.1) is 5.41 Å². The first-order valence-electron chi connectivity index (χ1n) is 6.29. The highest BCUT2D eigenvalue weighted by molar-refractivity contribution is 4.76. The molecular formula is C13H27NO. The molecule has 2 heteroatoms. The van der Waals surface area contributed by atoms with Gasteiger partial charge in [0.1, 0.15) is 0 Å². The van der Waals surface area contributed by atoms with E-state index in [1.54, 1.807) is 0 Å². The van der Waals surface area contributed by atoms with Crippen LogP contribution in [-0.4, -0.2) is 37.7 Å². The first-order valence-corrected chi connectivity index (χ1v) is 6.29. The molecule has 1 saturated heterocycles. The van der Waals surface area contributed by atoms with Crippen molar-refractivity contribution in [1.29, 1.82) is 0 Å². The third-order valence-corrected chi connectivity index (χ3v) is 3.41. The molecule has 2 nitrogen and oxygen atoms in total. The summed E-state index contributed by atoms with van der Waals surface area (Å²) in [5.41, 5.74) is 0.268. The molecule has 90 valence electrons. The van der Waals surface area contributed by atoms with Gasteiger partial charge in [-0.25, -0.2) is 0 Å². The summed E-state index contributed by atoms with van der Waals surface area (Å²) < 4.78 is 5.58. The lowest BCUT2D eigenvalue weighted by Gasteiger charge is -2.33. The first-order chi connectivity index (χ1) is 7.04. The van der Waals surface area contributed by atoms with Gasteiger partial charge in [0.05, 0.1) is 6.10 Å². The Hall–Kier alpha value is -0.0800. The van der Waals surface area contributed by atoms with Crippen LogP contribution in [-0.2, 0) is 4.74 Å². The van der Waals surface area contributed by atoms with Crippen LogP contribution in [0.2, 0.25) is 0 Å². The number of piperidine rings is 1. The largest absolute Gasteiger partial charge is 0.381 e. The minimum atomic E-state index is 0.268. The van der Waals surface area contributed by atoms with E-state index in [0.717, 1.165) is 0 Å². The van der Waals surface area contributed by atoms with Crippen LogP contribution in [0.5, 0.6) is 0 Å². The normalized spacial score (nSPS) is 21.6. The molecule has 0 radical (unpaired) electrons. The average molecular weight is 213 g/mol. The summed E-state index contributed by atoms with van der Waals surface area (Å²) in [6.07, 6.45) is 5.74. The Balaban J connectivity index is 2.27. The van der Waals surface area contributed by atoms with Gasteiger partial charge in [-0.3, -0.25) is 0 Å². The lowest BCUT2D eigenvalue weighted by atomic mass is 9.87. The molecule has 0 aromatic rings. The first kappa shape index (κ1) is 13.0. The second-order valence-electron chi connectivity index (χ2n) is 5.78. The van der Waals surface area contributed by atoms with Gasteiger partial charge in [0.15, 0.2) is 0 Å². The van der Waals surface area contributed by atoms with Crippen molar-refractivity contribution < 1.29 is 4.74 Å². The smallest absolute Gasteiger partial charge is 0.0631 e. The van der Waals surface area contributed by atoms with Crippen LogP contribution in [0.15, 0.2) is 0 Å². The number of nitrogens with zero attached hydrogens (tertiary/aromatic N) is 1. The van der Waals surface area contributed by atoms with Crippen LogP contribution >= 0.6 is 0 Å². The zero-order chi connectivity index (χ0) is 11.3. The lowest BCUT2D eigenvalue weighted by molar-refractivity contribution is 0.00295. The van der Waals surface area contributed by atoms with Crippen molar-refractivity contribution in [3.63, 3.8) is 0 Å². The number of methoxy groups -OCH3 is 1. The topological polar surface area (TPSA) is 12.5 Å². The Morgan fingerprint density at radius 2 is 1.73 bits per heavy atom. The summed E-state index contributed by atoms with van der Waals surface area (Å²) >= 11 is 0. The van der Waals surface area contributed by atoms with Gasteiger partial charge in [0.2, 0.25) is 0 Å². The third-order valence-electron chi connectivity index (χ3n) is 3.41. The minimum absolute atomic E-state index is 0.268. The van der Waals surface area contributed by atoms with E-state index in [1.165, 1.54) is 45.3 Å². The fraction of sp³-hybridized carbons (Fsp3) is 1.00. The Kier molecular flexibility index (Phi) is 5.07. The van der Waals surface area contributed by atoms with E-state index in [0.29, 0.717) is 6.10 Å². The van der Waals surface area contributed by atoms with Gasteiger partial charge in [-0.2, -0.15) is 0 Å². The quantitative estimate of drug-likeness (QED) is 0.712. The van der Waals surface area contributed by atoms with Gasteiger partial charge in [-0.15, -0.1) is 0 Å². The average Bonchev–Trinajstić information content (AvgIpc) is 2.18. The molecule has 1 unspecified atom stereocenters. The fourth-order valence-electron chi connectivity index (χ4n) is 2.39. The van der Waals surface area contributed by atoms with Crippen molar-refractivity contribution in [1.82, 2.24) is 4.90 Å². The molecule has 0 N–H and O–H groups in total. The summed E-state index contributed by atoms with van der Waals surface area (Å²) in [4.78, 5) is 2.58. The summed E-state index contributed by atoms with van der Waals surface area (Å²) in [6.45, 7) is 10.6. The van der Waals surface area contributed by atoms with Crippen molar-refractivity contribution in [2.24, 2.45) is 5.41 Å². The van der Waals surface area contributed by atoms with Crippen LogP contribution in [0.3, 0.4) is 0 Å². The van der Waals surface area contributed by atoms with Gasteiger partial charge in [-0.1, -0.05) is 27.2 Å². The second-order valence-corrected chi connectivity index (χ2v) is 5.78. The standard InChI is InChI=1S/C13H27NO/c1-13(2,3)12(15-4)8-11-14-9-6-5-7-10-14/h12H,5-11H2,1-4H3. The van der Waals surface area contributed by atoms with Gasteiger partial charge >= 0.3 is 0 Å². The van der Waals surface area contributed by atoms with Gasteiger partial charge in [0, 0.05) is 13.7 Å². The van der Waals surface area contributed by atoms with Gasteiger partial charge in [0.25, 0.3) is 0 Å². The predicted octanol–water partition coefficient (Wildman–Crippen LogP) is 2.92. The van der Waals surface area contributed by atoms with E-state index in [2.05, 4.69) is 25.7 Å². The number of ether oxygens (including phenoxy) is 1. The maximum absolute atomic E-state index is 5.58. The van der Waals surface area contributed by atoms with Crippen molar-refractivity contribution >= 4 is 0 Å². The molecule has 0 aromatic carbocycles. The van der Waals surface area contributed by atoms with Crippen molar-refractivity contribution in [3.05, 3.63) is 0 Å². The molecule has 1 aliphatic heterocycles. The molecule has 0 aliphatic carbocycles. The van der Waals surface area contributed by atoms with E-state index in [4.69, 9.17) is 4.74 Å². The van der Waals surface area contributed by atoms with E-state index in [1.807, 2.05) is 7.11 Å². The van der Waals surface area contributed by atoms with E-state index < -0.39 is 0 Å². The Labute approximate surface area is 95.0 Å². The maximum atomic E-state index is 5.58. The summed E-state index contributed by atoms with van der Waals surface area (Å²) in [5.74, 6) is 0. The number of hydrogen-bond donors (Lipinski definition) is 0. The number of likely N-dealkylation sites (tertiary alicyclic amines) is 1. The summed E-state index contributed by atoms with van der Waals surface area (Å²) in [6, 6.07) is 0. The zero-order valence-corrected chi connectivity index (χ0v) is 10.9. The molecule has 1 rings (SSSR count). The monoisotopic (exact) mass is 213 g/mol. The van der Waals surface area contributed by atoms with Crippen LogP contribution < -0.4 is 0 Å². The summed E-state index contributed by atoms with van der Waals surface area (Å²) in [7, 11) is 1.84. The Morgan fingerprint density at radius 1 is 1.13 bits per heavy atom. The fourth-order valence-corrected chi connectivity index (χ4v) is 2.39. The van der Waals surface area contributed by atoms with Crippen LogP contribution in [0.25, 0.3) is 0 Å². The van der Waals surface area contributed by atoms with Gasteiger partial charge < -0.3 is 9.64 Å². The Bertz CT molecular complexity index is 168. The second kappa shape index (κ2) is 5.86. The highest BCUT2D eigenvalue weighted by atomic mass is 16.5. The number of hydrogen-bond acceptors (Lipinski definition) is 2. The van der Waals surface area contributed by atoms with E-state index in [9.17, 15) is 0 Å². The van der Waals surface area contributed by atoms with E-state index >= 15 is 0 Å². The molecule has 0 amide bonds. The van der Waals surface area contributed by atoms with Crippen molar-refractivity contribution in [2.45, 2.75) is 52.6 Å². The maximum Gasteiger partial charge on any atom is 0.0631 e. The predicted molar refractivity (Wildman–Crippen MR) is 65.2 cm³/mol. The minimum Gasteiger partial charge on any atom is -0.381 e. The molecule has 1 fully saturated rings. The van der Waals surface area contributed by atoms with Crippen LogP contribution in [0.4, 0.5) is 0 Å². The van der Waals surface area contributed by atoms with Gasteiger partial charge in [-0.05, 0) is 37.8 Å². The van der Waals surface area contributed by atoms with Crippen molar-refractivity contribution in [3.8, 4) is 0 Å². The Morgan fingerprint density at radius 3 is 2.20 bits per heavy atom. The summed E-state index contributed by atoms with van der Waals surface area (Å²) in [5, 5.41) is 0. The zero-order valence-electron chi connectivity index (χ0n) is 10.9. The molecule has 0 spiro atoms. The molecule has 0 bridgehead atoms. The lowest BCUT2D eigenvalue weighted by Crippen LogP contribution is -2.36. The van der Waals surface area contributed by atoms with Crippen LogP contribution in [0.1, 0.15) is 46.5 Å². The molecule has 1 atom stereocenters. The van der Waals surface area contributed by atoms with E-state index in [-0.39, 0.29) is 5.41 Å². The highest BCUT2D eigenvalue weighted by Crippen LogP contribution is 2.24. The third kappa shape index (κ3) is 4.52. The SMILES string of the molecule is COC(CCN1CCCCC1)C(C)(C)C. The van der Waals surface area contributed by atoms with Crippen molar-refractivity contribution in [2.75, 3.05) is 26.7 Å². The molecule has 0 aromatic heterocycles. The molecule has 0 saturated carbocycles. The molecule has 1 aliphatic rings. The molecular weight excluding hydrogens is 186 g/mol.